The van der Waals surface area contributed by atoms with Crippen LogP contribution in [-0.4, -0.2) is 36.0 Å². The normalized spacial score (nSPS) is 18.5. The van der Waals surface area contributed by atoms with Gasteiger partial charge in [0.25, 0.3) is 0 Å². The third kappa shape index (κ3) is 2.81. The van der Waals surface area contributed by atoms with E-state index in [0.29, 0.717) is 6.54 Å². The maximum Gasteiger partial charge on any atom is 0.147 e. The molecule has 0 radical (unpaired) electrons. The van der Waals surface area contributed by atoms with Crippen molar-refractivity contribution in [2.24, 2.45) is 0 Å². The third-order valence-electron chi connectivity index (χ3n) is 3.16. The highest BCUT2D eigenvalue weighted by molar-refractivity contribution is 5.74. The first-order valence-electron chi connectivity index (χ1n) is 5.89. The molecule has 0 unspecified atom stereocenters. The predicted molar refractivity (Wildman–Crippen MR) is 66.6 cm³/mol. The Morgan fingerprint density at radius 1 is 1.35 bits per heavy atom. The smallest absolute Gasteiger partial charge is 0.147 e. The fourth-order valence-electron chi connectivity index (χ4n) is 2.25. The number of carbonyl (C=O) groups is 1. The molecule has 3 nitrogen and oxygen atoms in total. The van der Waals surface area contributed by atoms with Gasteiger partial charge in [-0.3, -0.25) is 9.69 Å². The molecule has 2 rings (SSSR count). The van der Waals surface area contributed by atoms with E-state index in [1.165, 1.54) is 0 Å². The van der Waals surface area contributed by atoms with Crippen LogP contribution in [0.1, 0.15) is 18.0 Å². The van der Waals surface area contributed by atoms with Gasteiger partial charge in [0.15, 0.2) is 0 Å². The Morgan fingerprint density at radius 3 is 2.76 bits per heavy atom. The monoisotopic (exact) mass is 231 g/mol. The van der Waals surface area contributed by atoms with Gasteiger partial charge in [-0.15, -0.1) is 0 Å². The summed E-state index contributed by atoms with van der Waals surface area (Å²) in [5.74, 6) is 0. The Labute approximate surface area is 101 Å². The van der Waals surface area contributed by atoms with E-state index in [9.17, 15) is 9.90 Å². The first-order valence-corrected chi connectivity index (χ1v) is 5.89. The number of aliphatic hydroxyl groups is 1. The SMILES string of the molecule is O=CC1=CCCN([C@@H](CO)c2ccccc2)C1. The van der Waals surface area contributed by atoms with E-state index in [-0.39, 0.29) is 12.6 Å². The minimum Gasteiger partial charge on any atom is -0.394 e. The molecule has 0 bridgehead atoms. The summed E-state index contributed by atoms with van der Waals surface area (Å²) in [5, 5.41) is 9.54. The highest BCUT2D eigenvalue weighted by Gasteiger charge is 2.22. The third-order valence-corrected chi connectivity index (χ3v) is 3.16. The molecule has 0 saturated heterocycles. The zero-order valence-corrected chi connectivity index (χ0v) is 9.75. The van der Waals surface area contributed by atoms with Crippen LogP contribution in [0.4, 0.5) is 0 Å². The van der Waals surface area contributed by atoms with Crippen LogP contribution in [-0.2, 0) is 4.79 Å². The van der Waals surface area contributed by atoms with Crippen molar-refractivity contribution in [2.75, 3.05) is 19.7 Å². The number of hydrogen-bond acceptors (Lipinski definition) is 3. The van der Waals surface area contributed by atoms with E-state index in [1.54, 1.807) is 0 Å². The molecule has 1 aromatic carbocycles. The lowest BCUT2D eigenvalue weighted by Gasteiger charge is -2.32. The minimum atomic E-state index is -0.0140. The summed E-state index contributed by atoms with van der Waals surface area (Å²) in [7, 11) is 0. The summed E-state index contributed by atoms with van der Waals surface area (Å²) in [6.45, 7) is 1.59. The average Bonchev–Trinajstić information content (AvgIpc) is 2.41. The van der Waals surface area contributed by atoms with Gasteiger partial charge in [0, 0.05) is 18.7 Å². The first-order chi connectivity index (χ1) is 8.35. The Morgan fingerprint density at radius 2 is 2.12 bits per heavy atom. The molecule has 1 aromatic rings. The topological polar surface area (TPSA) is 40.5 Å². The molecule has 90 valence electrons. The highest BCUT2D eigenvalue weighted by atomic mass is 16.3. The van der Waals surface area contributed by atoms with Crippen LogP contribution >= 0.6 is 0 Å². The van der Waals surface area contributed by atoms with Crippen LogP contribution in [0.3, 0.4) is 0 Å². The second-order valence-electron chi connectivity index (χ2n) is 4.27. The standard InChI is InChI=1S/C14H17NO2/c16-10-12-5-4-8-15(9-12)14(11-17)13-6-2-1-3-7-13/h1-3,5-7,10,14,17H,4,8-9,11H2/t14-/m0/s1. The van der Waals surface area contributed by atoms with Gasteiger partial charge in [-0.05, 0) is 12.0 Å². The van der Waals surface area contributed by atoms with Crippen LogP contribution < -0.4 is 0 Å². The lowest BCUT2D eigenvalue weighted by molar-refractivity contribution is -0.105. The van der Waals surface area contributed by atoms with Crippen LogP contribution in [0.5, 0.6) is 0 Å². The Balaban J connectivity index is 2.15. The minimum absolute atomic E-state index is 0.0140. The number of aliphatic hydroxyl groups excluding tert-OH is 1. The first kappa shape index (κ1) is 12.0. The van der Waals surface area contributed by atoms with Gasteiger partial charge in [0.2, 0.25) is 0 Å². The number of benzene rings is 1. The van der Waals surface area contributed by atoms with Crippen LogP contribution in [0.25, 0.3) is 0 Å². The average molecular weight is 231 g/mol. The Hall–Kier alpha value is -1.45. The second-order valence-corrected chi connectivity index (χ2v) is 4.27. The summed E-state index contributed by atoms with van der Waals surface area (Å²) in [5.41, 5.74) is 1.91. The fraction of sp³-hybridized carbons (Fsp3) is 0.357. The van der Waals surface area contributed by atoms with E-state index < -0.39 is 0 Å². The second kappa shape index (κ2) is 5.75. The van der Waals surface area contributed by atoms with E-state index in [2.05, 4.69) is 4.90 Å². The zero-order valence-electron chi connectivity index (χ0n) is 9.75. The van der Waals surface area contributed by atoms with Crippen LogP contribution in [0.2, 0.25) is 0 Å². The van der Waals surface area contributed by atoms with Gasteiger partial charge in [0.1, 0.15) is 6.29 Å². The van der Waals surface area contributed by atoms with Crippen molar-refractivity contribution in [2.45, 2.75) is 12.5 Å². The van der Waals surface area contributed by atoms with E-state index in [4.69, 9.17) is 0 Å². The van der Waals surface area contributed by atoms with Gasteiger partial charge in [-0.2, -0.15) is 0 Å². The van der Waals surface area contributed by atoms with Gasteiger partial charge < -0.3 is 5.11 Å². The molecule has 1 aliphatic heterocycles. The summed E-state index contributed by atoms with van der Waals surface area (Å²) >= 11 is 0. The molecular formula is C14H17NO2. The maximum absolute atomic E-state index is 10.8. The van der Waals surface area contributed by atoms with Gasteiger partial charge in [-0.25, -0.2) is 0 Å². The summed E-state index contributed by atoms with van der Waals surface area (Å²) in [6.07, 6.45) is 3.76. The van der Waals surface area contributed by atoms with Crippen molar-refractivity contribution in [3.8, 4) is 0 Å². The Kier molecular flexibility index (Phi) is 4.07. The van der Waals surface area contributed by atoms with E-state index in [1.807, 2.05) is 36.4 Å². The largest absolute Gasteiger partial charge is 0.394 e. The number of hydrogen-bond donors (Lipinski definition) is 1. The maximum atomic E-state index is 10.8. The van der Waals surface area contributed by atoms with E-state index in [0.717, 1.165) is 30.4 Å². The summed E-state index contributed by atoms with van der Waals surface area (Å²) in [6, 6.07) is 9.92. The highest BCUT2D eigenvalue weighted by Crippen LogP contribution is 2.23. The number of aldehydes is 1. The lowest BCUT2D eigenvalue weighted by Crippen LogP contribution is -2.36. The summed E-state index contributed by atoms with van der Waals surface area (Å²) in [4.78, 5) is 12.9. The predicted octanol–water partition coefficient (Wildman–Crippen LogP) is 1.55. The molecule has 17 heavy (non-hydrogen) atoms. The number of carbonyl (C=O) groups excluding carboxylic acids is 1. The fourth-order valence-corrected chi connectivity index (χ4v) is 2.25. The van der Waals surface area contributed by atoms with E-state index >= 15 is 0 Å². The molecule has 0 spiro atoms. The summed E-state index contributed by atoms with van der Waals surface area (Å²) < 4.78 is 0. The molecule has 0 aliphatic carbocycles. The molecule has 0 fully saturated rings. The van der Waals surface area contributed by atoms with Crippen LogP contribution in [0, 0.1) is 0 Å². The molecule has 0 amide bonds. The van der Waals surface area contributed by atoms with Crippen molar-refractivity contribution >= 4 is 6.29 Å². The molecule has 3 heteroatoms. The van der Waals surface area contributed by atoms with Crippen molar-refractivity contribution in [3.05, 3.63) is 47.5 Å². The van der Waals surface area contributed by atoms with Gasteiger partial charge >= 0.3 is 0 Å². The van der Waals surface area contributed by atoms with Gasteiger partial charge in [-0.1, -0.05) is 36.4 Å². The Bertz CT molecular complexity index is 400. The van der Waals surface area contributed by atoms with Crippen molar-refractivity contribution in [1.29, 1.82) is 0 Å². The quantitative estimate of drug-likeness (QED) is 0.799. The molecule has 1 atom stereocenters. The molecule has 1 heterocycles. The zero-order chi connectivity index (χ0) is 12.1. The van der Waals surface area contributed by atoms with Gasteiger partial charge in [0.05, 0.1) is 12.6 Å². The molecular weight excluding hydrogens is 214 g/mol. The molecule has 0 aromatic heterocycles. The van der Waals surface area contributed by atoms with Crippen LogP contribution in [0.15, 0.2) is 42.0 Å². The van der Waals surface area contributed by atoms with Crippen molar-refractivity contribution in [3.63, 3.8) is 0 Å². The number of rotatable bonds is 4. The molecule has 1 N–H and O–H groups in total. The van der Waals surface area contributed by atoms with Crippen molar-refractivity contribution in [1.82, 2.24) is 4.90 Å². The molecule has 1 aliphatic rings. The number of nitrogens with zero attached hydrogens (tertiary/aromatic N) is 1. The van der Waals surface area contributed by atoms with Crippen molar-refractivity contribution < 1.29 is 9.90 Å². The molecule has 0 saturated carbocycles. The lowest BCUT2D eigenvalue weighted by atomic mass is 10.0.